The molecule has 0 saturated carbocycles. The lowest BCUT2D eigenvalue weighted by atomic mass is 10.0. The zero-order valence-corrected chi connectivity index (χ0v) is 11.1. The predicted molar refractivity (Wildman–Crippen MR) is 71.5 cm³/mol. The number of Topliss-reactive ketones (excluding diaryl/α,β-unsaturated/α-hetero) is 1. The van der Waals surface area contributed by atoms with Crippen LogP contribution in [0.3, 0.4) is 0 Å². The molecule has 2 aliphatic heterocycles. The quantitative estimate of drug-likeness (QED) is 0.823. The summed E-state index contributed by atoms with van der Waals surface area (Å²) in [6.45, 7) is 0. The number of ketones is 1. The SMILES string of the molecule is COc1cc(N2C3CCC2CC(=O)C3)ccc1Cl. The third kappa shape index (κ3) is 1.87. The first-order valence-electron chi connectivity index (χ1n) is 6.32. The Balaban J connectivity index is 1.93. The summed E-state index contributed by atoms with van der Waals surface area (Å²) >= 11 is 6.05. The minimum absolute atomic E-state index is 0.363. The van der Waals surface area contributed by atoms with Gasteiger partial charge in [-0.25, -0.2) is 0 Å². The minimum atomic E-state index is 0.363. The lowest BCUT2D eigenvalue weighted by molar-refractivity contribution is -0.120. The van der Waals surface area contributed by atoms with Crippen molar-refractivity contribution in [2.45, 2.75) is 37.8 Å². The molecule has 2 aliphatic rings. The largest absolute Gasteiger partial charge is 0.495 e. The molecule has 2 bridgehead atoms. The third-order valence-corrected chi connectivity index (χ3v) is 4.29. The van der Waals surface area contributed by atoms with Gasteiger partial charge in [0.1, 0.15) is 11.5 Å². The molecule has 2 heterocycles. The zero-order valence-electron chi connectivity index (χ0n) is 10.4. The van der Waals surface area contributed by atoms with Crippen molar-refractivity contribution in [1.29, 1.82) is 0 Å². The number of methoxy groups -OCH3 is 1. The van der Waals surface area contributed by atoms with Gasteiger partial charge in [-0.1, -0.05) is 11.6 Å². The van der Waals surface area contributed by atoms with Crippen molar-refractivity contribution < 1.29 is 9.53 Å². The topological polar surface area (TPSA) is 29.5 Å². The molecule has 2 atom stereocenters. The van der Waals surface area contributed by atoms with Crippen molar-refractivity contribution in [3.05, 3.63) is 23.2 Å². The fourth-order valence-corrected chi connectivity index (χ4v) is 3.40. The number of carbonyl (C=O) groups excluding carboxylic acids is 1. The van der Waals surface area contributed by atoms with Gasteiger partial charge in [0.05, 0.1) is 12.1 Å². The van der Waals surface area contributed by atoms with E-state index < -0.39 is 0 Å². The Labute approximate surface area is 112 Å². The number of carbonyl (C=O) groups is 1. The zero-order chi connectivity index (χ0) is 12.7. The number of hydrogen-bond donors (Lipinski definition) is 0. The Kier molecular flexibility index (Phi) is 2.94. The number of ether oxygens (including phenoxy) is 1. The average molecular weight is 266 g/mol. The summed E-state index contributed by atoms with van der Waals surface area (Å²) in [6.07, 6.45) is 3.59. The second-order valence-corrected chi connectivity index (χ2v) is 5.47. The molecule has 3 nitrogen and oxygen atoms in total. The molecule has 0 radical (unpaired) electrons. The van der Waals surface area contributed by atoms with Gasteiger partial charge in [0.25, 0.3) is 0 Å². The van der Waals surface area contributed by atoms with E-state index >= 15 is 0 Å². The highest BCUT2D eigenvalue weighted by molar-refractivity contribution is 6.32. The number of piperidine rings is 1. The molecule has 3 rings (SSSR count). The monoisotopic (exact) mass is 265 g/mol. The molecule has 0 N–H and O–H groups in total. The number of hydrogen-bond acceptors (Lipinski definition) is 3. The molecule has 18 heavy (non-hydrogen) atoms. The van der Waals surface area contributed by atoms with Crippen molar-refractivity contribution in [2.24, 2.45) is 0 Å². The van der Waals surface area contributed by atoms with E-state index in [0.29, 0.717) is 41.5 Å². The molecule has 2 saturated heterocycles. The van der Waals surface area contributed by atoms with Crippen LogP contribution >= 0.6 is 11.6 Å². The van der Waals surface area contributed by atoms with Crippen molar-refractivity contribution >= 4 is 23.1 Å². The highest BCUT2D eigenvalue weighted by atomic mass is 35.5. The minimum Gasteiger partial charge on any atom is -0.495 e. The van der Waals surface area contributed by atoms with E-state index in [1.807, 2.05) is 18.2 Å². The Morgan fingerprint density at radius 1 is 1.28 bits per heavy atom. The van der Waals surface area contributed by atoms with Crippen molar-refractivity contribution in [3.63, 3.8) is 0 Å². The standard InChI is InChI=1S/C14H16ClNO2/c1-18-14-8-11(4-5-13(14)15)16-9-2-3-10(16)7-12(17)6-9/h4-5,8-10H,2-3,6-7H2,1H3. The fourth-order valence-electron chi connectivity index (χ4n) is 3.20. The average Bonchev–Trinajstić information content (AvgIpc) is 2.63. The Morgan fingerprint density at radius 3 is 2.56 bits per heavy atom. The maximum atomic E-state index is 11.6. The van der Waals surface area contributed by atoms with Gasteiger partial charge >= 0.3 is 0 Å². The normalized spacial score (nSPS) is 26.6. The smallest absolute Gasteiger partial charge is 0.139 e. The number of rotatable bonds is 2. The molecule has 0 spiro atoms. The van der Waals surface area contributed by atoms with Gasteiger partial charge in [0, 0.05) is 36.7 Å². The summed E-state index contributed by atoms with van der Waals surface area (Å²) in [6, 6.07) is 6.59. The van der Waals surface area contributed by atoms with Crippen LogP contribution in [-0.4, -0.2) is 25.0 Å². The number of fused-ring (bicyclic) bond motifs is 2. The van der Waals surface area contributed by atoms with E-state index in [0.717, 1.165) is 18.5 Å². The van der Waals surface area contributed by atoms with E-state index in [-0.39, 0.29) is 0 Å². The number of nitrogens with zero attached hydrogens (tertiary/aromatic N) is 1. The van der Waals surface area contributed by atoms with E-state index in [1.165, 1.54) is 0 Å². The first-order chi connectivity index (χ1) is 8.69. The van der Waals surface area contributed by atoms with Gasteiger partial charge in [-0.15, -0.1) is 0 Å². The van der Waals surface area contributed by atoms with Gasteiger partial charge in [0.2, 0.25) is 0 Å². The second kappa shape index (κ2) is 4.47. The van der Waals surface area contributed by atoms with Crippen LogP contribution in [-0.2, 0) is 4.79 Å². The maximum absolute atomic E-state index is 11.6. The highest BCUT2D eigenvalue weighted by Gasteiger charge is 2.40. The van der Waals surface area contributed by atoms with Gasteiger partial charge in [-0.2, -0.15) is 0 Å². The van der Waals surface area contributed by atoms with Crippen molar-refractivity contribution in [1.82, 2.24) is 0 Å². The van der Waals surface area contributed by atoms with Crippen molar-refractivity contribution in [3.8, 4) is 5.75 Å². The molecule has 0 aliphatic carbocycles. The van der Waals surface area contributed by atoms with Gasteiger partial charge in [-0.05, 0) is 25.0 Å². The first-order valence-corrected chi connectivity index (χ1v) is 6.70. The molecular weight excluding hydrogens is 250 g/mol. The highest BCUT2D eigenvalue weighted by Crippen LogP contribution is 2.40. The Morgan fingerprint density at radius 2 is 1.94 bits per heavy atom. The van der Waals surface area contributed by atoms with E-state index in [4.69, 9.17) is 16.3 Å². The molecular formula is C14H16ClNO2. The van der Waals surface area contributed by atoms with Crippen LogP contribution < -0.4 is 9.64 Å². The molecule has 1 aromatic rings. The number of halogens is 1. The van der Waals surface area contributed by atoms with E-state index in [1.54, 1.807) is 7.11 Å². The molecule has 0 amide bonds. The predicted octanol–water partition coefficient (Wildman–Crippen LogP) is 3.05. The van der Waals surface area contributed by atoms with E-state index in [2.05, 4.69) is 4.90 Å². The lowest BCUT2D eigenvalue weighted by Crippen LogP contribution is -2.43. The van der Waals surface area contributed by atoms with Crippen LogP contribution in [0.25, 0.3) is 0 Å². The molecule has 96 valence electrons. The molecule has 2 unspecified atom stereocenters. The molecule has 0 aromatic heterocycles. The Bertz CT molecular complexity index is 473. The number of benzene rings is 1. The third-order valence-electron chi connectivity index (χ3n) is 3.98. The van der Waals surface area contributed by atoms with Gasteiger partial charge in [0.15, 0.2) is 0 Å². The van der Waals surface area contributed by atoms with Crippen LogP contribution in [0.1, 0.15) is 25.7 Å². The summed E-state index contributed by atoms with van der Waals surface area (Å²) in [5, 5.41) is 0.627. The maximum Gasteiger partial charge on any atom is 0.139 e. The van der Waals surface area contributed by atoms with Gasteiger partial charge < -0.3 is 9.64 Å². The molecule has 2 fully saturated rings. The van der Waals surface area contributed by atoms with Crippen LogP contribution in [0.5, 0.6) is 5.75 Å². The summed E-state index contributed by atoms with van der Waals surface area (Å²) in [4.78, 5) is 14.0. The fraction of sp³-hybridized carbons (Fsp3) is 0.500. The van der Waals surface area contributed by atoms with Crippen LogP contribution in [0.2, 0.25) is 5.02 Å². The van der Waals surface area contributed by atoms with Crippen molar-refractivity contribution in [2.75, 3.05) is 12.0 Å². The van der Waals surface area contributed by atoms with Crippen LogP contribution in [0.15, 0.2) is 18.2 Å². The first kappa shape index (κ1) is 11.8. The summed E-state index contributed by atoms with van der Waals surface area (Å²) in [7, 11) is 1.62. The van der Waals surface area contributed by atoms with Gasteiger partial charge in [-0.3, -0.25) is 4.79 Å². The lowest BCUT2D eigenvalue weighted by Gasteiger charge is -2.36. The summed E-state index contributed by atoms with van der Waals surface area (Å²) in [5.74, 6) is 1.10. The second-order valence-electron chi connectivity index (χ2n) is 5.06. The summed E-state index contributed by atoms with van der Waals surface area (Å²) in [5.41, 5.74) is 1.12. The molecule has 4 heteroatoms. The Hall–Kier alpha value is -1.22. The summed E-state index contributed by atoms with van der Waals surface area (Å²) < 4.78 is 5.26. The van der Waals surface area contributed by atoms with Crippen LogP contribution in [0.4, 0.5) is 5.69 Å². The number of anilines is 1. The van der Waals surface area contributed by atoms with E-state index in [9.17, 15) is 4.79 Å². The van der Waals surface area contributed by atoms with Crippen LogP contribution in [0, 0.1) is 0 Å². The molecule has 1 aromatic carbocycles.